The summed E-state index contributed by atoms with van der Waals surface area (Å²) in [5.41, 5.74) is 9.00. The van der Waals surface area contributed by atoms with Crippen molar-refractivity contribution in [3.8, 4) is 0 Å². The maximum absolute atomic E-state index is 5.47. The molecule has 0 heterocycles. The predicted molar refractivity (Wildman–Crippen MR) is 42.6 cm³/mol. The molecule has 1 rings (SSSR count). The van der Waals surface area contributed by atoms with Crippen molar-refractivity contribution in [1.82, 2.24) is 0 Å². The molecule has 0 saturated carbocycles. The average molecular weight is 134 g/mol. The summed E-state index contributed by atoms with van der Waals surface area (Å²) in [4.78, 5) is 0. The number of hydrogen-bond acceptors (Lipinski definition) is 1. The van der Waals surface area contributed by atoms with Crippen LogP contribution in [0, 0.1) is 19.9 Å². The Bertz CT molecular complexity index is 208. The van der Waals surface area contributed by atoms with E-state index in [4.69, 9.17) is 5.73 Å². The van der Waals surface area contributed by atoms with E-state index in [-0.39, 0.29) is 0 Å². The molecule has 0 atom stereocenters. The van der Waals surface area contributed by atoms with Crippen molar-refractivity contribution >= 4 is 0 Å². The zero-order valence-electron chi connectivity index (χ0n) is 6.44. The van der Waals surface area contributed by atoms with E-state index in [0.717, 1.165) is 0 Å². The van der Waals surface area contributed by atoms with Crippen molar-refractivity contribution in [2.45, 2.75) is 20.4 Å². The molecule has 0 saturated heterocycles. The minimum atomic E-state index is 0.621. The molecule has 1 heteroatoms. The van der Waals surface area contributed by atoms with Crippen LogP contribution in [0.4, 0.5) is 0 Å². The lowest BCUT2D eigenvalue weighted by atomic mass is 10.1. The SMILES string of the molecule is Cc1[c]c(C)cc(CN)c1. The quantitative estimate of drug-likeness (QED) is 0.619. The highest BCUT2D eigenvalue weighted by atomic mass is 14.5. The van der Waals surface area contributed by atoms with Gasteiger partial charge in [0.2, 0.25) is 0 Å². The van der Waals surface area contributed by atoms with Crippen molar-refractivity contribution in [1.29, 1.82) is 0 Å². The first-order valence-electron chi connectivity index (χ1n) is 3.42. The lowest BCUT2D eigenvalue weighted by Gasteiger charge is -1.99. The number of nitrogens with two attached hydrogens (primary N) is 1. The molecular weight excluding hydrogens is 122 g/mol. The van der Waals surface area contributed by atoms with Crippen LogP contribution in [0.15, 0.2) is 12.1 Å². The van der Waals surface area contributed by atoms with Crippen LogP contribution in [0.1, 0.15) is 16.7 Å². The van der Waals surface area contributed by atoms with Gasteiger partial charge in [-0.05, 0) is 36.6 Å². The molecule has 1 nitrogen and oxygen atoms in total. The monoisotopic (exact) mass is 134 g/mol. The van der Waals surface area contributed by atoms with Gasteiger partial charge >= 0.3 is 0 Å². The van der Waals surface area contributed by atoms with Crippen LogP contribution in [0.5, 0.6) is 0 Å². The highest BCUT2D eigenvalue weighted by Gasteiger charge is 1.91. The predicted octanol–water partition coefficient (Wildman–Crippen LogP) is 1.56. The van der Waals surface area contributed by atoms with E-state index in [2.05, 4.69) is 18.2 Å². The van der Waals surface area contributed by atoms with Crippen LogP contribution in [0.2, 0.25) is 0 Å². The van der Waals surface area contributed by atoms with Crippen molar-refractivity contribution in [3.05, 3.63) is 34.9 Å². The number of rotatable bonds is 1. The van der Waals surface area contributed by atoms with Crippen LogP contribution in [-0.4, -0.2) is 0 Å². The topological polar surface area (TPSA) is 26.0 Å². The second-order valence-electron chi connectivity index (χ2n) is 2.56. The molecule has 10 heavy (non-hydrogen) atoms. The van der Waals surface area contributed by atoms with Crippen molar-refractivity contribution in [2.24, 2.45) is 5.73 Å². The van der Waals surface area contributed by atoms with Gasteiger partial charge in [-0.1, -0.05) is 12.1 Å². The van der Waals surface area contributed by atoms with E-state index in [9.17, 15) is 0 Å². The fourth-order valence-corrected chi connectivity index (χ4v) is 1.10. The van der Waals surface area contributed by atoms with E-state index < -0.39 is 0 Å². The Kier molecular flexibility index (Phi) is 2.07. The van der Waals surface area contributed by atoms with E-state index in [1.54, 1.807) is 0 Å². The minimum absolute atomic E-state index is 0.621. The lowest BCUT2D eigenvalue weighted by molar-refractivity contribution is 1.06. The van der Waals surface area contributed by atoms with E-state index in [1.807, 2.05) is 13.8 Å². The Balaban J connectivity index is 3.06. The van der Waals surface area contributed by atoms with Crippen LogP contribution < -0.4 is 5.73 Å². The third-order valence-electron chi connectivity index (χ3n) is 1.43. The summed E-state index contributed by atoms with van der Waals surface area (Å²) in [6.07, 6.45) is 0. The maximum atomic E-state index is 5.47. The zero-order valence-corrected chi connectivity index (χ0v) is 6.44. The summed E-state index contributed by atoms with van der Waals surface area (Å²) in [5.74, 6) is 0. The first-order chi connectivity index (χ1) is 4.72. The summed E-state index contributed by atoms with van der Waals surface area (Å²) >= 11 is 0. The summed E-state index contributed by atoms with van der Waals surface area (Å²) in [6.45, 7) is 4.69. The number of benzene rings is 1. The number of aryl methyl sites for hydroxylation is 2. The molecular formula is C9H12N. The third kappa shape index (κ3) is 1.58. The molecule has 0 aliphatic rings. The fraction of sp³-hybridized carbons (Fsp3) is 0.333. The summed E-state index contributed by atoms with van der Waals surface area (Å²) in [6, 6.07) is 7.31. The van der Waals surface area contributed by atoms with Crippen molar-refractivity contribution in [3.63, 3.8) is 0 Å². The van der Waals surface area contributed by atoms with Crippen LogP contribution in [-0.2, 0) is 6.54 Å². The molecule has 0 bridgehead atoms. The minimum Gasteiger partial charge on any atom is -0.326 e. The van der Waals surface area contributed by atoms with Crippen LogP contribution >= 0.6 is 0 Å². The molecule has 0 aliphatic carbocycles. The highest BCUT2D eigenvalue weighted by Crippen LogP contribution is 2.06. The van der Waals surface area contributed by atoms with Gasteiger partial charge in [0.05, 0.1) is 0 Å². The Morgan fingerprint density at radius 1 is 1.30 bits per heavy atom. The highest BCUT2D eigenvalue weighted by molar-refractivity contribution is 5.26. The molecule has 1 aromatic rings. The zero-order chi connectivity index (χ0) is 7.56. The molecule has 53 valence electrons. The fourth-order valence-electron chi connectivity index (χ4n) is 1.10. The van der Waals surface area contributed by atoms with Gasteiger partial charge in [0.15, 0.2) is 0 Å². The first-order valence-corrected chi connectivity index (χ1v) is 3.42. The molecule has 0 spiro atoms. The molecule has 0 aliphatic heterocycles. The second-order valence-corrected chi connectivity index (χ2v) is 2.56. The normalized spacial score (nSPS) is 9.90. The van der Waals surface area contributed by atoms with Crippen LogP contribution in [0.3, 0.4) is 0 Å². The molecule has 0 unspecified atom stereocenters. The van der Waals surface area contributed by atoms with Gasteiger partial charge in [-0.15, -0.1) is 0 Å². The van der Waals surface area contributed by atoms with Crippen molar-refractivity contribution < 1.29 is 0 Å². The van der Waals surface area contributed by atoms with E-state index in [0.29, 0.717) is 6.54 Å². The van der Waals surface area contributed by atoms with Crippen LogP contribution in [0.25, 0.3) is 0 Å². The summed E-state index contributed by atoms with van der Waals surface area (Å²) in [7, 11) is 0. The maximum Gasteiger partial charge on any atom is 0.0178 e. The van der Waals surface area contributed by atoms with Gasteiger partial charge in [0.1, 0.15) is 0 Å². The van der Waals surface area contributed by atoms with Gasteiger partial charge in [-0.25, -0.2) is 0 Å². The molecule has 0 amide bonds. The van der Waals surface area contributed by atoms with Gasteiger partial charge < -0.3 is 5.73 Å². The van der Waals surface area contributed by atoms with E-state index in [1.165, 1.54) is 16.7 Å². The Morgan fingerprint density at radius 3 is 2.20 bits per heavy atom. The van der Waals surface area contributed by atoms with Gasteiger partial charge in [0.25, 0.3) is 0 Å². The molecule has 1 radical (unpaired) electrons. The Labute approximate surface area is 61.9 Å². The largest absolute Gasteiger partial charge is 0.326 e. The average Bonchev–Trinajstić information content (AvgIpc) is 1.85. The smallest absolute Gasteiger partial charge is 0.0178 e. The molecule has 0 fully saturated rings. The van der Waals surface area contributed by atoms with Crippen molar-refractivity contribution in [2.75, 3.05) is 0 Å². The summed E-state index contributed by atoms with van der Waals surface area (Å²) < 4.78 is 0. The van der Waals surface area contributed by atoms with E-state index >= 15 is 0 Å². The Morgan fingerprint density at radius 2 is 1.80 bits per heavy atom. The Hall–Kier alpha value is -0.820. The lowest BCUT2D eigenvalue weighted by Crippen LogP contribution is -1.96. The van der Waals surface area contributed by atoms with Gasteiger partial charge in [-0.3, -0.25) is 0 Å². The second kappa shape index (κ2) is 2.84. The van der Waals surface area contributed by atoms with Gasteiger partial charge in [-0.2, -0.15) is 0 Å². The third-order valence-corrected chi connectivity index (χ3v) is 1.43. The standard InChI is InChI=1S/C9H12N/c1-7-3-8(2)5-9(4-7)6-10/h4-5H,6,10H2,1-2H3. The molecule has 0 aromatic heterocycles. The number of hydrogen-bond donors (Lipinski definition) is 1. The molecule has 1 aromatic carbocycles. The van der Waals surface area contributed by atoms with Gasteiger partial charge in [0, 0.05) is 6.54 Å². The first kappa shape index (κ1) is 7.29. The molecule has 2 N–H and O–H groups in total. The summed E-state index contributed by atoms with van der Waals surface area (Å²) in [5, 5.41) is 0.